The molecule has 154 valence electrons. The van der Waals surface area contributed by atoms with E-state index in [-0.39, 0.29) is 11.7 Å². The summed E-state index contributed by atoms with van der Waals surface area (Å²) in [6, 6.07) is 28.2. The number of carbonyl (C=O) groups is 1. The fourth-order valence-electron chi connectivity index (χ4n) is 3.12. The quantitative estimate of drug-likeness (QED) is 0.245. The third kappa shape index (κ3) is 5.71. The van der Waals surface area contributed by atoms with E-state index in [0.717, 1.165) is 21.8 Å². The fraction of sp³-hybridized carbons (Fsp3) is 0.0800. The molecular weight excluding hydrogens is 404 g/mol. The lowest BCUT2D eigenvalue weighted by atomic mass is 10.2. The van der Waals surface area contributed by atoms with Crippen molar-refractivity contribution in [3.63, 3.8) is 0 Å². The number of carbonyl (C=O) groups excluding carboxylic acids is 1. The Kier molecular flexibility index (Phi) is 6.92. The molecule has 0 atom stereocenters. The average Bonchev–Trinajstić information content (AvgIpc) is 3.16. The number of nitrogens with zero attached hydrogens (tertiary/aromatic N) is 3. The first-order valence-corrected chi connectivity index (χ1v) is 10.9. The molecule has 0 fully saturated rings. The number of amides is 1. The number of rotatable bonds is 8. The molecule has 1 aromatic heterocycles. The van der Waals surface area contributed by atoms with E-state index in [4.69, 9.17) is 4.98 Å². The molecule has 4 aromatic rings. The minimum Gasteiger partial charge on any atom is -0.314 e. The molecule has 0 aliphatic rings. The second kappa shape index (κ2) is 10.4. The molecule has 0 bridgehead atoms. The molecule has 0 unspecified atom stereocenters. The molecule has 1 N–H and O–H groups in total. The third-order valence-electron chi connectivity index (χ3n) is 4.57. The van der Waals surface area contributed by atoms with Crippen LogP contribution < -0.4 is 5.43 Å². The molecule has 1 amide bonds. The summed E-state index contributed by atoms with van der Waals surface area (Å²) in [5, 5.41) is 4.79. The number of hydrazone groups is 1. The Morgan fingerprint density at radius 2 is 1.68 bits per heavy atom. The molecule has 1 heterocycles. The van der Waals surface area contributed by atoms with Gasteiger partial charge in [0.1, 0.15) is 0 Å². The van der Waals surface area contributed by atoms with Gasteiger partial charge in [-0.25, -0.2) is 10.4 Å². The largest absolute Gasteiger partial charge is 0.314 e. The minimum atomic E-state index is -0.173. The summed E-state index contributed by atoms with van der Waals surface area (Å²) < 4.78 is 2.15. The van der Waals surface area contributed by atoms with Crippen LogP contribution >= 0.6 is 11.8 Å². The number of aromatic nitrogens is 2. The van der Waals surface area contributed by atoms with Gasteiger partial charge in [0, 0.05) is 6.21 Å². The molecule has 5 nitrogen and oxygen atoms in total. The highest BCUT2D eigenvalue weighted by molar-refractivity contribution is 7.99. The number of hydrogen-bond donors (Lipinski definition) is 1. The van der Waals surface area contributed by atoms with Gasteiger partial charge < -0.3 is 4.57 Å². The van der Waals surface area contributed by atoms with Gasteiger partial charge in [0.2, 0.25) is 0 Å². The van der Waals surface area contributed by atoms with E-state index in [1.807, 2.05) is 72.8 Å². The van der Waals surface area contributed by atoms with Gasteiger partial charge in [-0.2, -0.15) is 5.10 Å². The topological polar surface area (TPSA) is 59.3 Å². The molecule has 0 radical (unpaired) electrons. The van der Waals surface area contributed by atoms with Crippen LogP contribution in [0.3, 0.4) is 0 Å². The van der Waals surface area contributed by atoms with Gasteiger partial charge in [-0.05, 0) is 29.3 Å². The lowest BCUT2D eigenvalue weighted by molar-refractivity contribution is -0.118. The molecular formula is C25H22N4OS. The van der Waals surface area contributed by atoms with Gasteiger partial charge in [0.25, 0.3) is 5.91 Å². The van der Waals surface area contributed by atoms with Crippen molar-refractivity contribution in [3.8, 4) is 0 Å². The highest BCUT2D eigenvalue weighted by Gasteiger charge is 2.13. The maximum Gasteiger partial charge on any atom is 0.250 e. The van der Waals surface area contributed by atoms with Crippen LogP contribution in [0.25, 0.3) is 17.1 Å². The molecule has 0 aliphatic heterocycles. The zero-order chi connectivity index (χ0) is 21.3. The number of allylic oxidation sites excluding steroid dienone is 1. The number of benzene rings is 3. The summed E-state index contributed by atoms with van der Waals surface area (Å²) in [6.45, 7) is 0.702. The summed E-state index contributed by atoms with van der Waals surface area (Å²) in [5.74, 6) is 0.0605. The monoisotopic (exact) mass is 426 g/mol. The van der Waals surface area contributed by atoms with Gasteiger partial charge >= 0.3 is 0 Å². The zero-order valence-electron chi connectivity index (χ0n) is 16.9. The summed E-state index contributed by atoms with van der Waals surface area (Å²) in [7, 11) is 0. The minimum absolute atomic E-state index is 0.173. The number of para-hydroxylation sites is 2. The molecule has 0 saturated carbocycles. The van der Waals surface area contributed by atoms with E-state index in [2.05, 4.69) is 33.3 Å². The van der Waals surface area contributed by atoms with Crippen LogP contribution in [0.4, 0.5) is 0 Å². The van der Waals surface area contributed by atoms with Crippen LogP contribution in [-0.2, 0) is 11.3 Å². The number of imidazole rings is 1. The van der Waals surface area contributed by atoms with Crippen molar-refractivity contribution in [2.24, 2.45) is 5.10 Å². The van der Waals surface area contributed by atoms with Crippen molar-refractivity contribution < 1.29 is 4.79 Å². The lowest BCUT2D eigenvalue weighted by Gasteiger charge is -2.09. The maximum absolute atomic E-state index is 12.2. The van der Waals surface area contributed by atoms with Crippen molar-refractivity contribution in [2.75, 3.05) is 5.75 Å². The predicted octanol–water partition coefficient (Wildman–Crippen LogP) is 4.99. The number of hydrogen-bond acceptors (Lipinski definition) is 4. The van der Waals surface area contributed by atoms with Gasteiger partial charge in [-0.1, -0.05) is 90.6 Å². The molecule has 0 saturated heterocycles. The highest BCUT2D eigenvalue weighted by atomic mass is 32.2. The van der Waals surface area contributed by atoms with Crippen LogP contribution in [0.1, 0.15) is 11.1 Å². The zero-order valence-corrected chi connectivity index (χ0v) is 17.7. The van der Waals surface area contributed by atoms with Gasteiger partial charge in [0.05, 0.1) is 23.3 Å². The van der Waals surface area contributed by atoms with E-state index >= 15 is 0 Å². The first kappa shape index (κ1) is 20.6. The van der Waals surface area contributed by atoms with Gasteiger partial charge in [-0.3, -0.25) is 4.79 Å². The van der Waals surface area contributed by atoms with E-state index in [9.17, 15) is 4.79 Å². The third-order valence-corrected chi connectivity index (χ3v) is 5.55. The second-order valence-corrected chi connectivity index (χ2v) is 7.77. The van der Waals surface area contributed by atoms with Gasteiger partial charge in [-0.15, -0.1) is 0 Å². The SMILES string of the molecule is O=C(CSc1nc2ccccc2n1Cc1ccccc1)N/N=C\C=C\c1ccccc1. The summed E-state index contributed by atoms with van der Waals surface area (Å²) in [6.07, 6.45) is 5.29. The van der Waals surface area contributed by atoms with Crippen molar-refractivity contribution >= 4 is 41.0 Å². The maximum atomic E-state index is 12.2. The average molecular weight is 427 g/mol. The Labute approximate surface area is 185 Å². The predicted molar refractivity (Wildman–Crippen MR) is 128 cm³/mol. The van der Waals surface area contributed by atoms with Crippen molar-refractivity contribution in [1.29, 1.82) is 0 Å². The Bertz CT molecular complexity index is 1200. The number of fused-ring (bicyclic) bond motifs is 1. The van der Waals surface area contributed by atoms with E-state index < -0.39 is 0 Å². The Hall–Kier alpha value is -3.64. The van der Waals surface area contributed by atoms with Gasteiger partial charge in [0.15, 0.2) is 5.16 Å². The van der Waals surface area contributed by atoms with E-state index in [1.54, 1.807) is 12.3 Å². The molecule has 0 spiro atoms. The Morgan fingerprint density at radius 1 is 0.968 bits per heavy atom. The fourth-order valence-corrected chi connectivity index (χ4v) is 3.92. The van der Waals surface area contributed by atoms with Crippen molar-refractivity contribution in [2.45, 2.75) is 11.7 Å². The second-order valence-electron chi connectivity index (χ2n) is 6.83. The van der Waals surface area contributed by atoms with Crippen LogP contribution in [-0.4, -0.2) is 27.4 Å². The first-order chi connectivity index (χ1) is 15.3. The molecule has 4 rings (SSSR count). The molecule has 31 heavy (non-hydrogen) atoms. The molecule has 0 aliphatic carbocycles. The summed E-state index contributed by atoms with van der Waals surface area (Å²) in [5.41, 5.74) is 6.80. The lowest BCUT2D eigenvalue weighted by Crippen LogP contribution is -2.19. The normalized spacial score (nSPS) is 11.5. The van der Waals surface area contributed by atoms with Crippen LogP contribution in [0.15, 0.2) is 101 Å². The number of thioether (sulfide) groups is 1. The molecule has 3 aromatic carbocycles. The van der Waals surface area contributed by atoms with Crippen LogP contribution in [0.2, 0.25) is 0 Å². The Balaban J connectivity index is 1.38. The van der Waals surface area contributed by atoms with Crippen LogP contribution in [0, 0.1) is 0 Å². The first-order valence-electron chi connectivity index (χ1n) is 9.95. The highest BCUT2D eigenvalue weighted by Crippen LogP contribution is 2.25. The Morgan fingerprint density at radius 3 is 2.48 bits per heavy atom. The smallest absolute Gasteiger partial charge is 0.250 e. The number of nitrogens with one attached hydrogen (secondary N) is 1. The van der Waals surface area contributed by atoms with Crippen molar-refractivity contribution in [3.05, 3.63) is 102 Å². The van der Waals surface area contributed by atoms with E-state index in [0.29, 0.717) is 6.54 Å². The summed E-state index contributed by atoms with van der Waals surface area (Å²) in [4.78, 5) is 16.9. The van der Waals surface area contributed by atoms with E-state index in [1.165, 1.54) is 17.3 Å². The molecule has 6 heteroatoms. The van der Waals surface area contributed by atoms with Crippen LogP contribution in [0.5, 0.6) is 0 Å². The van der Waals surface area contributed by atoms with Crippen molar-refractivity contribution in [1.82, 2.24) is 15.0 Å². The standard InChI is InChI=1S/C25H22N4OS/c30-24(28-26-17-9-14-20-10-3-1-4-11-20)19-31-25-27-22-15-7-8-16-23(22)29(25)18-21-12-5-2-6-13-21/h1-17H,18-19H2,(H,28,30)/b14-9+,26-17-. The summed E-state index contributed by atoms with van der Waals surface area (Å²) >= 11 is 1.41.